The normalized spacial score (nSPS) is 10.1. The molecular weight excluding hydrogens is 176 g/mol. The molecule has 3 heteroatoms. The van der Waals surface area contributed by atoms with Gasteiger partial charge in [-0.05, 0) is 24.6 Å². The molecule has 2 aromatic rings. The third-order valence-electron chi connectivity index (χ3n) is 2.03. The monoisotopic (exact) mass is 186 g/mol. The Morgan fingerprint density at radius 2 is 2.07 bits per heavy atom. The Bertz CT molecular complexity index is 502. The van der Waals surface area contributed by atoms with Crippen molar-refractivity contribution in [2.24, 2.45) is 0 Å². The quantitative estimate of drug-likeness (QED) is 0.677. The molecule has 0 saturated carbocycles. The van der Waals surface area contributed by atoms with Gasteiger partial charge in [0.1, 0.15) is 5.82 Å². The van der Waals surface area contributed by atoms with E-state index in [4.69, 9.17) is 0 Å². The first kappa shape index (κ1) is 8.69. The van der Waals surface area contributed by atoms with Crippen LogP contribution in [-0.2, 0) is 0 Å². The summed E-state index contributed by atoms with van der Waals surface area (Å²) in [6, 6.07) is 8.84. The van der Waals surface area contributed by atoms with Crippen molar-refractivity contribution >= 4 is 0 Å². The molecule has 0 N–H and O–H groups in total. The van der Waals surface area contributed by atoms with Gasteiger partial charge in [0, 0.05) is 18.5 Å². The molecule has 0 aliphatic rings. The number of nitrogens with zero attached hydrogens (tertiary/aromatic N) is 2. The van der Waals surface area contributed by atoms with E-state index in [-0.39, 0.29) is 5.56 Å². The average molecular weight is 186 g/mol. The molecule has 0 radical (unpaired) electrons. The van der Waals surface area contributed by atoms with Crippen LogP contribution in [0.25, 0.3) is 5.82 Å². The van der Waals surface area contributed by atoms with E-state index in [0.717, 1.165) is 5.56 Å². The van der Waals surface area contributed by atoms with E-state index in [9.17, 15) is 4.79 Å². The molecule has 0 fully saturated rings. The van der Waals surface area contributed by atoms with Gasteiger partial charge in [-0.1, -0.05) is 12.1 Å². The molecule has 0 atom stereocenters. The topological polar surface area (TPSA) is 34.9 Å². The fourth-order valence-corrected chi connectivity index (χ4v) is 1.33. The summed E-state index contributed by atoms with van der Waals surface area (Å²) in [5.41, 5.74) is 0.926. The SMILES string of the molecule is Cc1cccnc1-n1ccccc1=O. The molecule has 0 saturated heterocycles. The minimum Gasteiger partial charge on any atom is -0.269 e. The zero-order chi connectivity index (χ0) is 9.97. The standard InChI is InChI=1S/C11H10N2O/c1-9-5-4-7-12-11(9)13-8-3-2-6-10(13)14/h2-8H,1H3. The maximum Gasteiger partial charge on any atom is 0.256 e. The van der Waals surface area contributed by atoms with Gasteiger partial charge in [0.2, 0.25) is 0 Å². The van der Waals surface area contributed by atoms with Gasteiger partial charge in [0.15, 0.2) is 0 Å². The molecule has 0 spiro atoms. The Labute approximate surface area is 81.7 Å². The van der Waals surface area contributed by atoms with Crippen molar-refractivity contribution < 1.29 is 0 Å². The molecule has 2 aromatic heterocycles. The summed E-state index contributed by atoms with van der Waals surface area (Å²) in [7, 11) is 0. The summed E-state index contributed by atoms with van der Waals surface area (Å²) in [6.07, 6.45) is 3.40. The number of rotatable bonds is 1. The lowest BCUT2D eigenvalue weighted by atomic mass is 10.3. The number of hydrogen-bond donors (Lipinski definition) is 0. The largest absolute Gasteiger partial charge is 0.269 e. The van der Waals surface area contributed by atoms with Crippen LogP contribution >= 0.6 is 0 Å². The van der Waals surface area contributed by atoms with Crippen LogP contribution < -0.4 is 5.56 Å². The Morgan fingerprint density at radius 1 is 1.21 bits per heavy atom. The Morgan fingerprint density at radius 3 is 2.79 bits per heavy atom. The molecule has 2 rings (SSSR count). The molecule has 0 aromatic carbocycles. The Kier molecular flexibility index (Phi) is 2.14. The van der Waals surface area contributed by atoms with Crippen LogP contribution in [-0.4, -0.2) is 9.55 Å². The Balaban J connectivity index is 2.67. The number of hydrogen-bond acceptors (Lipinski definition) is 2. The zero-order valence-corrected chi connectivity index (χ0v) is 7.84. The van der Waals surface area contributed by atoms with Gasteiger partial charge in [0.05, 0.1) is 0 Å². The van der Waals surface area contributed by atoms with Crippen molar-refractivity contribution in [2.45, 2.75) is 6.92 Å². The molecule has 0 bridgehead atoms. The van der Waals surface area contributed by atoms with Gasteiger partial charge in [-0.15, -0.1) is 0 Å². The van der Waals surface area contributed by atoms with Crippen molar-refractivity contribution in [3.8, 4) is 5.82 Å². The van der Waals surface area contributed by atoms with Gasteiger partial charge < -0.3 is 0 Å². The van der Waals surface area contributed by atoms with Gasteiger partial charge in [-0.2, -0.15) is 0 Å². The summed E-state index contributed by atoms with van der Waals surface area (Å²) < 4.78 is 1.54. The third-order valence-corrected chi connectivity index (χ3v) is 2.03. The van der Waals surface area contributed by atoms with Crippen molar-refractivity contribution in [1.82, 2.24) is 9.55 Å². The minimum absolute atomic E-state index is 0.0608. The first-order valence-corrected chi connectivity index (χ1v) is 4.39. The second-order valence-electron chi connectivity index (χ2n) is 3.05. The fraction of sp³-hybridized carbons (Fsp3) is 0.0909. The molecule has 0 aliphatic heterocycles. The van der Waals surface area contributed by atoms with E-state index in [1.54, 1.807) is 18.5 Å². The maximum atomic E-state index is 11.5. The van der Waals surface area contributed by atoms with Gasteiger partial charge >= 0.3 is 0 Å². The lowest BCUT2D eigenvalue weighted by molar-refractivity contribution is 0.927. The number of aryl methyl sites for hydroxylation is 1. The second-order valence-corrected chi connectivity index (χ2v) is 3.05. The van der Waals surface area contributed by atoms with E-state index in [1.165, 1.54) is 10.6 Å². The van der Waals surface area contributed by atoms with Crippen LogP contribution in [0.15, 0.2) is 47.5 Å². The van der Waals surface area contributed by atoms with E-state index >= 15 is 0 Å². The van der Waals surface area contributed by atoms with E-state index < -0.39 is 0 Å². The van der Waals surface area contributed by atoms with Gasteiger partial charge in [0.25, 0.3) is 5.56 Å². The first-order chi connectivity index (χ1) is 6.79. The molecule has 0 amide bonds. The lowest BCUT2D eigenvalue weighted by Gasteiger charge is -2.05. The highest BCUT2D eigenvalue weighted by Crippen LogP contribution is 2.06. The second kappa shape index (κ2) is 3.46. The van der Waals surface area contributed by atoms with Crippen LogP contribution in [0.4, 0.5) is 0 Å². The zero-order valence-electron chi connectivity index (χ0n) is 7.84. The molecule has 2 heterocycles. The predicted octanol–water partition coefficient (Wildman–Crippen LogP) is 1.54. The molecular formula is C11H10N2O. The van der Waals surface area contributed by atoms with Crippen molar-refractivity contribution in [3.05, 3.63) is 58.6 Å². The smallest absolute Gasteiger partial charge is 0.256 e. The highest BCUT2D eigenvalue weighted by molar-refractivity contribution is 5.32. The van der Waals surface area contributed by atoms with Crippen LogP contribution in [0, 0.1) is 6.92 Å². The Hall–Kier alpha value is -1.90. The fourth-order valence-electron chi connectivity index (χ4n) is 1.33. The summed E-state index contributed by atoms with van der Waals surface area (Å²) >= 11 is 0. The summed E-state index contributed by atoms with van der Waals surface area (Å²) in [5, 5.41) is 0. The molecule has 0 aliphatic carbocycles. The highest BCUT2D eigenvalue weighted by Gasteiger charge is 2.01. The van der Waals surface area contributed by atoms with E-state index in [2.05, 4.69) is 4.98 Å². The van der Waals surface area contributed by atoms with Crippen LogP contribution in [0.1, 0.15) is 5.56 Å². The predicted molar refractivity (Wildman–Crippen MR) is 54.6 cm³/mol. The van der Waals surface area contributed by atoms with Gasteiger partial charge in [-0.3, -0.25) is 9.36 Å². The average Bonchev–Trinajstić information content (AvgIpc) is 2.20. The van der Waals surface area contributed by atoms with Gasteiger partial charge in [-0.25, -0.2) is 4.98 Å². The molecule has 70 valence electrons. The minimum atomic E-state index is -0.0608. The summed E-state index contributed by atoms with van der Waals surface area (Å²) in [4.78, 5) is 15.7. The van der Waals surface area contributed by atoms with Crippen molar-refractivity contribution in [2.75, 3.05) is 0 Å². The third kappa shape index (κ3) is 1.44. The van der Waals surface area contributed by atoms with Crippen LogP contribution in [0.3, 0.4) is 0 Å². The maximum absolute atomic E-state index is 11.5. The summed E-state index contributed by atoms with van der Waals surface area (Å²) in [6.45, 7) is 1.93. The lowest BCUT2D eigenvalue weighted by Crippen LogP contribution is -2.17. The van der Waals surface area contributed by atoms with Crippen LogP contribution in [0.2, 0.25) is 0 Å². The highest BCUT2D eigenvalue weighted by atomic mass is 16.1. The molecule has 3 nitrogen and oxygen atoms in total. The van der Waals surface area contributed by atoms with E-state index in [1.807, 2.05) is 25.1 Å². The van der Waals surface area contributed by atoms with Crippen molar-refractivity contribution in [1.29, 1.82) is 0 Å². The number of pyridine rings is 2. The molecule has 14 heavy (non-hydrogen) atoms. The first-order valence-electron chi connectivity index (χ1n) is 4.39. The molecule has 0 unspecified atom stereocenters. The number of aromatic nitrogens is 2. The van der Waals surface area contributed by atoms with Crippen molar-refractivity contribution in [3.63, 3.8) is 0 Å². The summed E-state index contributed by atoms with van der Waals surface area (Å²) in [5.74, 6) is 0.693. The van der Waals surface area contributed by atoms with Crippen LogP contribution in [0.5, 0.6) is 0 Å². The van der Waals surface area contributed by atoms with E-state index in [0.29, 0.717) is 5.82 Å².